The Kier molecular flexibility index (Phi) is 5.56. The first-order valence-electron chi connectivity index (χ1n) is 9.63. The molecule has 1 aromatic heterocycles. The number of fused-ring (bicyclic) bond motifs is 1. The number of nitrogens with zero attached hydrogens (tertiary/aromatic N) is 3. The molecule has 0 aliphatic carbocycles. The summed E-state index contributed by atoms with van der Waals surface area (Å²) in [5.74, 6) is 0.214. The van der Waals surface area contributed by atoms with Crippen LogP contribution in [0, 0.1) is 23.1 Å². The lowest BCUT2D eigenvalue weighted by Crippen LogP contribution is -2.37. The van der Waals surface area contributed by atoms with Crippen molar-refractivity contribution < 1.29 is 13.9 Å². The van der Waals surface area contributed by atoms with Crippen LogP contribution in [0.25, 0.3) is 10.9 Å². The predicted molar refractivity (Wildman–Crippen MR) is 114 cm³/mol. The lowest BCUT2D eigenvalue weighted by Gasteiger charge is -2.34. The number of halogens is 2. The minimum absolute atomic E-state index is 0.0986. The summed E-state index contributed by atoms with van der Waals surface area (Å²) in [6.45, 7) is 1.13. The number of benzene rings is 2. The number of hydrogen-bond donors (Lipinski definition) is 0. The molecule has 0 radical (unpaired) electrons. The molecular weight excluding hydrogens is 405 g/mol. The van der Waals surface area contributed by atoms with Crippen molar-refractivity contribution in [2.45, 2.75) is 12.8 Å². The van der Waals surface area contributed by atoms with Gasteiger partial charge in [0.25, 0.3) is 0 Å². The third kappa shape index (κ3) is 3.57. The summed E-state index contributed by atoms with van der Waals surface area (Å²) in [7, 11) is 1.59. The molecule has 0 amide bonds. The molecule has 1 aliphatic rings. The largest absolute Gasteiger partial charge is 0.497 e. The molecule has 0 atom stereocenters. The topological polar surface area (TPSA) is 66.2 Å². The molecule has 30 heavy (non-hydrogen) atoms. The maximum Gasteiger partial charge on any atom is 0.166 e. The van der Waals surface area contributed by atoms with Gasteiger partial charge in [0.05, 0.1) is 23.4 Å². The van der Waals surface area contributed by atoms with Crippen molar-refractivity contribution in [3.63, 3.8) is 0 Å². The summed E-state index contributed by atoms with van der Waals surface area (Å²) >= 11 is 6.36. The number of rotatable bonds is 4. The number of carbonyl (C=O) groups excluding carboxylic acids is 1. The number of ketones is 1. The zero-order chi connectivity index (χ0) is 21.3. The molecule has 0 saturated carbocycles. The monoisotopic (exact) mass is 423 g/mol. The molecule has 1 fully saturated rings. The Morgan fingerprint density at radius 3 is 2.57 bits per heavy atom. The van der Waals surface area contributed by atoms with E-state index in [0.29, 0.717) is 58.9 Å². The summed E-state index contributed by atoms with van der Waals surface area (Å²) in [6, 6.07) is 12.0. The van der Waals surface area contributed by atoms with Gasteiger partial charge in [0.2, 0.25) is 0 Å². The average Bonchev–Trinajstić information content (AvgIpc) is 2.80. The number of methoxy groups -OCH3 is 1. The van der Waals surface area contributed by atoms with Gasteiger partial charge in [-0.15, -0.1) is 0 Å². The van der Waals surface area contributed by atoms with E-state index in [-0.39, 0.29) is 17.2 Å². The summed E-state index contributed by atoms with van der Waals surface area (Å²) in [5.41, 5.74) is 1.73. The van der Waals surface area contributed by atoms with Gasteiger partial charge in [-0.05, 0) is 49.2 Å². The van der Waals surface area contributed by atoms with E-state index >= 15 is 0 Å². The van der Waals surface area contributed by atoms with Gasteiger partial charge in [-0.25, -0.2) is 4.39 Å². The van der Waals surface area contributed by atoms with Crippen LogP contribution in [0.1, 0.15) is 28.8 Å². The lowest BCUT2D eigenvalue weighted by molar-refractivity contribution is 0.0900. The van der Waals surface area contributed by atoms with Crippen molar-refractivity contribution in [3.8, 4) is 11.8 Å². The molecule has 0 bridgehead atoms. The zero-order valence-corrected chi connectivity index (χ0v) is 17.1. The first-order chi connectivity index (χ1) is 14.5. The fourth-order valence-corrected chi connectivity index (χ4v) is 4.23. The van der Waals surface area contributed by atoms with E-state index in [9.17, 15) is 14.4 Å². The molecule has 5 nitrogen and oxygen atoms in total. The smallest absolute Gasteiger partial charge is 0.166 e. The minimum atomic E-state index is -0.482. The molecule has 0 N–H and O–H groups in total. The van der Waals surface area contributed by atoms with Crippen LogP contribution in [0.5, 0.6) is 5.75 Å². The van der Waals surface area contributed by atoms with Gasteiger partial charge in [-0.1, -0.05) is 11.6 Å². The minimum Gasteiger partial charge on any atom is -0.497 e. The van der Waals surface area contributed by atoms with Crippen molar-refractivity contribution in [2.75, 3.05) is 25.1 Å². The van der Waals surface area contributed by atoms with Crippen LogP contribution in [0.3, 0.4) is 0 Å². The van der Waals surface area contributed by atoms with Crippen LogP contribution in [0.15, 0.2) is 42.6 Å². The van der Waals surface area contributed by atoms with E-state index in [1.54, 1.807) is 31.4 Å². The number of aromatic nitrogens is 1. The summed E-state index contributed by atoms with van der Waals surface area (Å²) in [6.07, 6.45) is 2.64. The number of anilines is 1. The number of carbonyl (C=O) groups is 1. The second-order valence-electron chi connectivity index (χ2n) is 7.24. The van der Waals surface area contributed by atoms with Crippen LogP contribution in [-0.4, -0.2) is 31.0 Å². The maximum absolute atomic E-state index is 14.3. The molecule has 3 aromatic rings. The lowest BCUT2D eigenvalue weighted by atomic mass is 9.88. The van der Waals surface area contributed by atoms with Gasteiger partial charge in [0.1, 0.15) is 23.2 Å². The molecule has 7 heteroatoms. The highest BCUT2D eigenvalue weighted by Gasteiger charge is 2.28. The maximum atomic E-state index is 14.3. The van der Waals surface area contributed by atoms with E-state index in [4.69, 9.17) is 16.3 Å². The Morgan fingerprint density at radius 2 is 1.93 bits per heavy atom. The van der Waals surface area contributed by atoms with Crippen molar-refractivity contribution in [1.82, 2.24) is 4.98 Å². The zero-order valence-electron chi connectivity index (χ0n) is 16.4. The Balaban J connectivity index is 1.60. The molecule has 0 spiro atoms. The molecule has 152 valence electrons. The fourth-order valence-electron chi connectivity index (χ4n) is 3.98. The van der Waals surface area contributed by atoms with Gasteiger partial charge in [0.15, 0.2) is 5.78 Å². The van der Waals surface area contributed by atoms with Crippen molar-refractivity contribution in [1.29, 1.82) is 5.26 Å². The first-order valence-corrected chi connectivity index (χ1v) is 10.0. The van der Waals surface area contributed by atoms with Crippen LogP contribution < -0.4 is 9.64 Å². The van der Waals surface area contributed by atoms with Gasteiger partial charge in [-0.3, -0.25) is 9.78 Å². The average molecular weight is 424 g/mol. The van der Waals surface area contributed by atoms with E-state index in [0.717, 1.165) is 0 Å². The normalized spacial score (nSPS) is 14.5. The van der Waals surface area contributed by atoms with Gasteiger partial charge >= 0.3 is 0 Å². The van der Waals surface area contributed by atoms with Crippen LogP contribution in [0.2, 0.25) is 5.02 Å². The van der Waals surface area contributed by atoms with Crippen LogP contribution >= 0.6 is 11.6 Å². The van der Waals surface area contributed by atoms with E-state index in [2.05, 4.69) is 11.1 Å². The molecule has 2 aromatic carbocycles. The Hall–Kier alpha value is -3.17. The third-order valence-electron chi connectivity index (χ3n) is 5.57. The van der Waals surface area contributed by atoms with Crippen LogP contribution in [0.4, 0.5) is 10.1 Å². The second kappa shape index (κ2) is 8.29. The fraction of sp³-hybridized carbons (Fsp3) is 0.261. The number of pyridine rings is 1. The number of ether oxygens (including phenoxy) is 1. The third-order valence-corrected chi connectivity index (χ3v) is 5.88. The Morgan fingerprint density at radius 1 is 1.23 bits per heavy atom. The summed E-state index contributed by atoms with van der Waals surface area (Å²) in [5, 5.41) is 10.4. The molecule has 2 heterocycles. The van der Waals surface area contributed by atoms with Gasteiger partial charge in [-0.2, -0.15) is 5.26 Å². The molecule has 0 unspecified atom stereocenters. The Bertz CT molecular complexity index is 1150. The quantitative estimate of drug-likeness (QED) is 0.552. The number of hydrogen-bond acceptors (Lipinski definition) is 5. The highest BCUT2D eigenvalue weighted by molar-refractivity contribution is 6.36. The molecular formula is C23H19ClFN3O2. The first kappa shape index (κ1) is 20.1. The Labute approximate surface area is 178 Å². The van der Waals surface area contributed by atoms with E-state index in [1.807, 2.05) is 4.90 Å². The highest BCUT2D eigenvalue weighted by Crippen LogP contribution is 2.37. The van der Waals surface area contributed by atoms with Crippen molar-refractivity contribution in [2.24, 2.45) is 5.92 Å². The van der Waals surface area contributed by atoms with Crippen molar-refractivity contribution in [3.05, 3.63) is 64.6 Å². The van der Waals surface area contributed by atoms with Crippen molar-refractivity contribution >= 4 is 34.0 Å². The number of Topliss-reactive ketones (excluding diaryl/α,β-unsaturated/α-hetero) is 1. The number of piperidine rings is 1. The SMILES string of the molecule is COc1ccc(C(=O)C2CCN(c3c(C#N)cnc4c(F)ccc(Cl)c34)CC2)cc1. The van der Waals surface area contributed by atoms with Gasteiger partial charge in [0, 0.05) is 36.2 Å². The number of nitriles is 1. The highest BCUT2D eigenvalue weighted by atomic mass is 35.5. The molecule has 1 saturated heterocycles. The second-order valence-corrected chi connectivity index (χ2v) is 7.65. The van der Waals surface area contributed by atoms with E-state index in [1.165, 1.54) is 18.3 Å². The summed E-state index contributed by atoms with van der Waals surface area (Å²) < 4.78 is 19.4. The summed E-state index contributed by atoms with van der Waals surface area (Å²) in [4.78, 5) is 19.0. The van der Waals surface area contributed by atoms with E-state index < -0.39 is 5.82 Å². The van der Waals surface area contributed by atoms with Crippen LogP contribution in [-0.2, 0) is 0 Å². The standard InChI is InChI=1S/C23H19ClFN3O2/c1-30-17-4-2-14(3-5-17)23(29)15-8-10-28(11-9-15)22-16(12-26)13-27-21-19(25)7-6-18(24)20(21)22/h2-7,13,15H,8-11H2,1H3. The molecule has 4 rings (SSSR count). The van der Waals surface area contributed by atoms with Gasteiger partial charge < -0.3 is 9.64 Å². The predicted octanol–water partition coefficient (Wildman–Crippen LogP) is 5.01. The molecule has 1 aliphatic heterocycles.